The number of aromatic nitrogens is 3. The molecule has 0 unspecified atom stereocenters. The maximum Gasteiger partial charge on any atom is 0.273 e. The summed E-state index contributed by atoms with van der Waals surface area (Å²) in [5, 5.41) is 10.2. The molecular formula is C13H17ClN4O. The van der Waals surface area contributed by atoms with Crippen LogP contribution in [0, 0.1) is 0 Å². The lowest BCUT2D eigenvalue weighted by molar-refractivity contribution is 0.101. The first-order chi connectivity index (χ1) is 9.01. The van der Waals surface area contributed by atoms with Crippen LogP contribution in [0.4, 0.5) is 5.82 Å². The average molecular weight is 281 g/mol. The van der Waals surface area contributed by atoms with E-state index in [1.54, 1.807) is 12.3 Å². The highest BCUT2D eigenvalue weighted by Gasteiger charge is 2.16. The largest absolute Gasteiger partial charge is 0.339 e. The first kappa shape index (κ1) is 13.7. The van der Waals surface area contributed by atoms with Crippen LogP contribution in [0.1, 0.15) is 43.0 Å². The molecule has 2 aromatic heterocycles. The Morgan fingerprint density at radius 1 is 1.53 bits per heavy atom. The van der Waals surface area contributed by atoms with E-state index >= 15 is 0 Å². The molecule has 0 aromatic carbocycles. The molecule has 6 heteroatoms. The SMILES string of the molecule is CCc1cc(NC(=O)c2cc(Cl)cn2C(C)C)n[nH]1. The molecular weight excluding hydrogens is 264 g/mol. The molecule has 0 aliphatic heterocycles. The van der Waals surface area contributed by atoms with Crippen LogP contribution in [0.25, 0.3) is 0 Å². The van der Waals surface area contributed by atoms with Crippen LogP contribution in [0.2, 0.25) is 5.02 Å². The first-order valence-electron chi connectivity index (χ1n) is 6.24. The van der Waals surface area contributed by atoms with Gasteiger partial charge < -0.3 is 9.88 Å². The van der Waals surface area contributed by atoms with E-state index in [1.165, 1.54) is 0 Å². The number of carbonyl (C=O) groups is 1. The van der Waals surface area contributed by atoms with Crippen LogP contribution in [0.5, 0.6) is 0 Å². The van der Waals surface area contributed by atoms with Gasteiger partial charge in [0.2, 0.25) is 0 Å². The van der Waals surface area contributed by atoms with Crippen LogP contribution in [-0.2, 0) is 6.42 Å². The third-order valence-corrected chi connectivity index (χ3v) is 3.06. The number of H-pyrrole nitrogens is 1. The van der Waals surface area contributed by atoms with Crippen LogP contribution >= 0.6 is 11.6 Å². The maximum absolute atomic E-state index is 12.2. The van der Waals surface area contributed by atoms with Gasteiger partial charge in [0.05, 0.1) is 5.02 Å². The highest BCUT2D eigenvalue weighted by Crippen LogP contribution is 2.20. The summed E-state index contributed by atoms with van der Waals surface area (Å²) in [7, 11) is 0. The number of aromatic amines is 1. The summed E-state index contributed by atoms with van der Waals surface area (Å²) < 4.78 is 1.84. The zero-order valence-corrected chi connectivity index (χ0v) is 12.0. The minimum Gasteiger partial charge on any atom is -0.339 e. The molecule has 102 valence electrons. The number of halogens is 1. The van der Waals surface area contributed by atoms with Crippen molar-refractivity contribution in [1.82, 2.24) is 14.8 Å². The van der Waals surface area contributed by atoms with Gasteiger partial charge in [-0.25, -0.2) is 0 Å². The van der Waals surface area contributed by atoms with Crippen LogP contribution < -0.4 is 5.32 Å². The van der Waals surface area contributed by atoms with Gasteiger partial charge in [-0.15, -0.1) is 0 Å². The molecule has 0 fully saturated rings. The zero-order valence-electron chi connectivity index (χ0n) is 11.2. The summed E-state index contributed by atoms with van der Waals surface area (Å²) in [5.41, 5.74) is 1.51. The summed E-state index contributed by atoms with van der Waals surface area (Å²) >= 11 is 5.96. The second-order valence-corrected chi connectivity index (χ2v) is 5.07. The molecule has 0 atom stereocenters. The van der Waals surface area contributed by atoms with Crippen LogP contribution in [0.15, 0.2) is 18.3 Å². The molecule has 0 saturated carbocycles. The molecule has 2 aromatic rings. The molecule has 0 aliphatic carbocycles. The van der Waals surface area contributed by atoms with E-state index in [0.717, 1.165) is 12.1 Å². The topological polar surface area (TPSA) is 62.7 Å². The summed E-state index contributed by atoms with van der Waals surface area (Å²) in [5.74, 6) is 0.309. The number of anilines is 1. The van der Waals surface area contributed by atoms with Gasteiger partial charge >= 0.3 is 0 Å². The Morgan fingerprint density at radius 2 is 2.26 bits per heavy atom. The lowest BCUT2D eigenvalue weighted by Gasteiger charge is -2.11. The van der Waals surface area contributed by atoms with Crippen LogP contribution in [-0.4, -0.2) is 20.7 Å². The number of carbonyl (C=O) groups excluding carboxylic acids is 1. The monoisotopic (exact) mass is 280 g/mol. The van der Waals surface area contributed by atoms with Gasteiger partial charge in [-0.1, -0.05) is 18.5 Å². The fourth-order valence-electron chi connectivity index (χ4n) is 1.84. The third kappa shape index (κ3) is 2.98. The van der Waals surface area contributed by atoms with Crippen molar-refractivity contribution in [1.29, 1.82) is 0 Å². The Hall–Kier alpha value is -1.75. The van der Waals surface area contributed by atoms with Crippen molar-refractivity contribution in [2.24, 2.45) is 0 Å². The van der Waals surface area contributed by atoms with Crippen molar-refractivity contribution in [3.63, 3.8) is 0 Å². The average Bonchev–Trinajstić information content (AvgIpc) is 2.95. The van der Waals surface area contributed by atoms with Crippen molar-refractivity contribution < 1.29 is 4.79 Å². The molecule has 0 aliphatic rings. The normalized spacial score (nSPS) is 11.0. The second kappa shape index (κ2) is 5.48. The van der Waals surface area contributed by atoms with Crippen molar-refractivity contribution in [2.75, 3.05) is 5.32 Å². The van der Waals surface area contributed by atoms with Crippen LogP contribution in [0.3, 0.4) is 0 Å². The fourth-order valence-corrected chi connectivity index (χ4v) is 2.05. The maximum atomic E-state index is 12.2. The lowest BCUT2D eigenvalue weighted by Crippen LogP contribution is -2.17. The molecule has 1 amide bonds. The van der Waals surface area contributed by atoms with E-state index in [-0.39, 0.29) is 11.9 Å². The molecule has 2 N–H and O–H groups in total. The standard InChI is InChI=1S/C13H17ClN4O/c1-4-10-6-12(17-16-10)15-13(19)11-5-9(14)7-18(11)8(2)3/h5-8H,4H2,1-3H3,(H2,15,16,17,19). The molecule has 0 bridgehead atoms. The van der Waals surface area contributed by atoms with Gasteiger partial charge in [-0.05, 0) is 26.3 Å². The number of rotatable bonds is 4. The number of amides is 1. The second-order valence-electron chi connectivity index (χ2n) is 4.63. The van der Waals surface area contributed by atoms with Crippen molar-refractivity contribution >= 4 is 23.3 Å². The smallest absolute Gasteiger partial charge is 0.273 e. The summed E-state index contributed by atoms with van der Waals surface area (Å²) in [6, 6.07) is 3.64. The molecule has 2 heterocycles. The quantitative estimate of drug-likeness (QED) is 0.903. The van der Waals surface area contributed by atoms with E-state index in [1.807, 2.05) is 31.4 Å². The Morgan fingerprint density at radius 3 is 2.84 bits per heavy atom. The van der Waals surface area contributed by atoms with E-state index in [4.69, 9.17) is 11.6 Å². The predicted molar refractivity (Wildman–Crippen MR) is 75.7 cm³/mol. The first-order valence-corrected chi connectivity index (χ1v) is 6.62. The molecule has 0 radical (unpaired) electrons. The van der Waals surface area contributed by atoms with Gasteiger partial charge in [0.1, 0.15) is 5.69 Å². The van der Waals surface area contributed by atoms with Gasteiger partial charge in [0.25, 0.3) is 5.91 Å². The van der Waals surface area contributed by atoms with Gasteiger partial charge in [-0.3, -0.25) is 9.89 Å². The number of nitrogens with one attached hydrogen (secondary N) is 2. The number of hydrogen-bond donors (Lipinski definition) is 2. The Kier molecular flexibility index (Phi) is 3.95. The van der Waals surface area contributed by atoms with Gasteiger partial charge in [-0.2, -0.15) is 5.10 Å². The van der Waals surface area contributed by atoms with Gasteiger partial charge in [0, 0.05) is 24.0 Å². The van der Waals surface area contributed by atoms with Crippen molar-refractivity contribution in [3.8, 4) is 0 Å². The summed E-state index contributed by atoms with van der Waals surface area (Å²) in [6.45, 7) is 6.01. The third-order valence-electron chi connectivity index (χ3n) is 2.86. The molecule has 19 heavy (non-hydrogen) atoms. The molecule has 2 rings (SSSR count). The minimum absolute atomic E-state index is 0.165. The summed E-state index contributed by atoms with van der Waals surface area (Å²) in [6.07, 6.45) is 2.60. The fraction of sp³-hybridized carbons (Fsp3) is 0.385. The minimum atomic E-state index is -0.213. The zero-order chi connectivity index (χ0) is 14.0. The summed E-state index contributed by atoms with van der Waals surface area (Å²) in [4.78, 5) is 12.2. The highest BCUT2D eigenvalue weighted by atomic mass is 35.5. The molecule has 0 saturated heterocycles. The van der Waals surface area contributed by atoms with Crippen molar-refractivity contribution in [3.05, 3.63) is 34.7 Å². The van der Waals surface area contributed by atoms with Gasteiger partial charge in [0.15, 0.2) is 5.82 Å². The number of aryl methyl sites for hydroxylation is 1. The lowest BCUT2D eigenvalue weighted by atomic mass is 10.3. The predicted octanol–water partition coefficient (Wildman–Crippen LogP) is 3.26. The molecule has 5 nitrogen and oxygen atoms in total. The van der Waals surface area contributed by atoms with E-state index in [9.17, 15) is 4.79 Å². The number of hydrogen-bond acceptors (Lipinski definition) is 2. The van der Waals surface area contributed by atoms with Crippen molar-refractivity contribution in [2.45, 2.75) is 33.2 Å². The number of nitrogens with zero attached hydrogens (tertiary/aromatic N) is 2. The Balaban J connectivity index is 2.20. The van der Waals surface area contributed by atoms with E-state index in [2.05, 4.69) is 15.5 Å². The van der Waals surface area contributed by atoms with E-state index < -0.39 is 0 Å². The van der Waals surface area contributed by atoms with E-state index in [0.29, 0.717) is 16.5 Å². The highest BCUT2D eigenvalue weighted by molar-refractivity contribution is 6.31. The molecule has 0 spiro atoms. The Bertz CT molecular complexity index is 585. The Labute approximate surface area is 117 Å².